The van der Waals surface area contributed by atoms with Crippen molar-refractivity contribution in [2.24, 2.45) is 0 Å². The van der Waals surface area contributed by atoms with Crippen LogP contribution in [-0.4, -0.2) is 97.5 Å². The first-order valence-corrected chi connectivity index (χ1v) is 18.7. The Morgan fingerprint density at radius 3 is 1.69 bits per heavy atom. The number of esters is 1. The summed E-state index contributed by atoms with van der Waals surface area (Å²) in [5.41, 5.74) is 0. The van der Waals surface area contributed by atoms with Gasteiger partial charge in [0.05, 0.1) is 19.8 Å². The van der Waals surface area contributed by atoms with Crippen molar-refractivity contribution in [2.45, 2.75) is 173 Å². The van der Waals surface area contributed by atoms with E-state index in [4.69, 9.17) is 23.5 Å². The van der Waals surface area contributed by atoms with Gasteiger partial charge >= 0.3 is 16.4 Å². The van der Waals surface area contributed by atoms with Crippen LogP contribution in [-0.2, 0) is 38.3 Å². The number of rotatable bonds is 29. The summed E-state index contributed by atoms with van der Waals surface area (Å²) in [5, 5.41) is 30.0. The van der Waals surface area contributed by atoms with Crippen molar-refractivity contribution in [3.63, 3.8) is 0 Å². The number of ether oxygens (including phenoxy) is 4. The summed E-state index contributed by atoms with van der Waals surface area (Å²) in [6.45, 7) is 3.39. The Morgan fingerprint density at radius 1 is 0.756 bits per heavy atom. The molecule has 1 aliphatic heterocycles. The fraction of sp³-hybridized carbons (Fsp3) is 0.969. The monoisotopic (exact) mass is 670 g/mol. The van der Waals surface area contributed by atoms with E-state index in [1.54, 1.807) is 6.92 Å². The fourth-order valence-corrected chi connectivity index (χ4v) is 5.86. The molecule has 6 unspecified atom stereocenters. The average molecular weight is 671 g/mol. The highest BCUT2D eigenvalue weighted by Crippen LogP contribution is 2.26. The van der Waals surface area contributed by atoms with Gasteiger partial charge in [0.2, 0.25) is 0 Å². The van der Waals surface area contributed by atoms with Crippen molar-refractivity contribution >= 4 is 16.4 Å². The first kappa shape index (κ1) is 42.1. The molecule has 1 fully saturated rings. The van der Waals surface area contributed by atoms with Crippen molar-refractivity contribution < 1.29 is 56.2 Å². The Morgan fingerprint density at radius 2 is 1.24 bits per heavy atom. The highest BCUT2D eigenvalue weighted by molar-refractivity contribution is 7.80. The van der Waals surface area contributed by atoms with Crippen molar-refractivity contribution in [2.75, 3.05) is 26.4 Å². The normalized spacial score (nSPS) is 22.8. The smallest absolute Gasteiger partial charge is 0.397 e. The van der Waals surface area contributed by atoms with E-state index < -0.39 is 59.8 Å². The third-order valence-corrected chi connectivity index (χ3v) is 8.50. The standard InChI is InChI=1S/C32H62O12S/c1-3-5-6-7-8-9-10-11-12-13-14-15-16-17-18-19-20-21-22-40-24-26(42-28(34)4-2)25-41-32-30(36)31(44-45(37,38)39)29(35)27(23-33)43-32/h26-27,29-33,35-36H,3-25H2,1-2H3,(H,37,38,39). The van der Waals surface area contributed by atoms with Crippen molar-refractivity contribution in [1.29, 1.82) is 0 Å². The lowest BCUT2D eigenvalue weighted by molar-refractivity contribution is -0.301. The van der Waals surface area contributed by atoms with E-state index >= 15 is 0 Å². The zero-order valence-corrected chi connectivity index (χ0v) is 28.5. The highest BCUT2D eigenvalue weighted by atomic mass is 32.3. The van der Waals surface area contributed by atoms with E-state index in [1.807, 2.05) is 0 Å². The number of hydrogen-bond acceptors (Lipinski definition) is 11. The van der Waals surface area contributed by atoms with Gasteiger partial charge < -0.3 is 34.3 Å². The summed E-state index contributed by atoms with van der Waals surface area (Å²) < 4.78 is 57.6. The minimum absolute atomic E-state index is 0.0323. The molecular formula is C32H62O12S. The van der Waals surface area contributed by atoms with Gasteiger partial charge in [0.25, 0.3) is 0 Å². The maximum absolute atomic E-state index is 11.9. The summed E-state index contributed by atoms with van der Waals surface area (Å²) in [5.74, 6) is -0.485. The van der Waals surface area contributed by atoms with Gasteiger partial charge in [-0.25, -0.2) is 4.18 Å². The van der Waals surface area contributed by atoms with Gasteiger partial charge in [-0.1, -0.05) is 123 Å². The molecule has 0 saturated carbocycles. The molecule has 1 rings (SSSR count). The maximum Gasteiger partial charge on any atom is 0.397 e. The third-order valence-electron chi connectivity index (χ3n) is 8.03. The van der Waals surface area contributed by atoms with Crippen LogP contribution < -0.4 is 0 Å². The molecule has 0 radical (unpaired) electrons. The molecule has 6 atom stereocenters. The van der Waals surface area contributed by atoms with Gasteiger partial charge in [0, 0.05) is 13.0 Å². The number of aliphatic hydroxyl groups excluding tert-OH is 3. The van der Waals surface area contributed by atoms with Crippen LogP contribution in [0.5, 0.6) is 0 Å². The SMILES string of the molecule is CCCCCCCCCCCCCCCCCCCCOCC(COC1OC(CO)C(O)C(OS(=O)(=O)O)C1O)OC(=O)CC. The lowest BCUT2D eigenvalue weighted by Crippen LogP contribution is -2.60. The quantitative estimate of drug-likeness (QED) is 0.0476. The topological polar surface area (TPSA) is 178 Å². The average Bonchev–Trinajstić information content (AvgIpc) is 3.00. The molecule has 0 amide bonds. The lowest BCUT2D eigenvalue weighted by Gasteiger charge is -2.41. The minimum atomic E-state index is -5.03. The molecule has 1 aliphatic rings. The van der Waals surface area contributed by atoms with Crippen LogP contribution in [0.4, 0.5) is 0 Å². The number of carbonyl (C=O) groups is 1. The zero-order valence-electron chi connectivity index (χ0n) is 27.7. The molecule has 12 nitrogen and oxygen atoms in total. The van der Waals surface area contributed by atoms with Gasteiger partial charge in [0.1, 0.15) is 30.5 Å². The van der Waals surface area contributed by atoms with Gasteiger partial charge in [-0.15, -0.1) is 0 Å². The summed E-state index contributed by atoms with van der Waals surface area (Å²) in [4.78, 5) is 11.9. The molecule has 0 aromatic heterocycles. The van der Waals surface area contributed by atoms with E-state index in [1.165, 1.54) is 96.3 Å². The molecule has 4 N–H and O–H groups in total. The Labute approximate surface area is 271 Å². The second-order valence-corrected chi connectivity index (χ2v) is 13.1. The summed E-state index contributed by atoms with van der Waals surface area (Å²) >= 11 is 0. The third kappa shape index (κ3) is 20.8. The van der Waals surface area contributed by atoms with Crippen LogP contribution in [0.1, 0.15) is 136 Å². The molecule has 0 aliphatic carbocycles. The van der Waals surface area contributed by atoms with Crippen LogP contribution in [0.15, 0.2) is 0 Å². The molecular weight excluding hydrogens is 608 g/mol. The Hall–Kier alpha value is -0.900. The Balaban J connectivity index is 2.19. The molecule has 0 spiro atoms. The van der Waals surface area contributed by atoms with E-state index in [-0.39, 0.29) is 19.6 Å². The van der Waals surface area contributed by atoms with Crippen LogP contribution in [0.25, 0.3) is 0 Å². The zero-order chi connectivity index (χ0) is 33.3. The first-order chi connectivity index (χ1) is 21.6. The number of carbonyl (C=O) groups excluding carboxylic acids is 1. The highest BCUT2D eigenvalue weighted by Gasteiger charge is 2.48. The maximum atomic E-state index is 11.9. The van der Waals surface area contributed by atoms with Crippen molar-refractivity contribution in [3.8, 4) is 0 Å². The largest absolute Gasteiger partial charge is 0.457 e. The fourth-order valence-electron chi connectivity index (χ4n) is 5.35. The van der Waals surface area contributed by atoms with E-state index in [2.05, 4.69) is 11.1 Å². The second-order valence-electron chi connectivity index (χ2n) is 12.1. The predicted molar refractivity (Wildman–Crippen MR) is 170 cm³/mol. The van der Waals surface area contributed by atoms with Crippen LogP contribution in [0.2, 0.25) is 0 Å². The first-order valence-electron chi connectivity index (χ1n) is 17.3. The molecule has 268 valence electrons. The number of unbranched alkanes of at least 4 members (excludes halogenated alkanes) is 17. The second kappa shape index (κ2) is 26.1. The van der Waals surface area contributed by atoms with Gasteiger partial charge in [-0.3, -0.25) is 9.35 Å². The van der Waals surface area contributed by atoms with Crippen LogP contribution >= 0.6 is 0 Å². The minimum Gasteiger partial charge on any atom is -0.457 e. The lowest BCUT2D eigenvalue weighted by atomic mass is 9.99. The van der Waals surface area contributed by atoms with E-state index in [0.717, 1.165) is 19.3 Å². The molecule has 1 saturated heterocycles. The van der Waals surface area contributed by atoms with E-state index in [0.29, 0.717) is 6.61 Å². The summed E-state index contributed by atoms with van der Waals surface area (Å²) in [6.07, 6.45) is 14.2. The Kier molecular flexibility index (Phi) is 24.4. The molecule has 1 heterocycles. The van der Waals surface area contributed by atoms with Gasteiger partial charge in [0.15, 0.2) is 6.29 Å². The summed E-state index contributed by atoms with van der Waals surface area (Å²) in [7, 11) is -5.03. The van der Waals surface area contributed by atoms with Gasteiger partial charge in [-0.2, -0.15) is 8.42 Å². The molecule has 0 aromatic rings. The van der Waals surface area contributed by atoms with Crippen LogP contribution in [0, 0.1) is 0 Å². The Bertz CT molecular complexity index is 827. The van der Waals surface area contributed by atoms with Crippen LogP contribution in [0.3, 0.4) is 0 Å². The molecule has 45 heavy (non-hydrogen) atoms. The molecule has 0 aromatic carbocycles. The molecule has 0 bridgehead atoms. The van der Waals surface area contributed by atoms with Gasteiger partial charge in [-0.05, 0) is 6.42 Å². The predicted octanol–water partition coefficient (Wildman–Crippen LogP) is 5.01. The number of aliphatic hydroxyl groups is 3. The van der Waals surface area contributed by atoms with E-state index in [9.17, 15) is 28.5 Å². The number of hydrogen-bond donors (Lipinski definition) is 4. The summed E-state index contributed by atoms with van der Waals surface area (Å²) in [6, 6.07) is 0. The van der Waals surface area contributed by atoms with Crippen molar-refractivity contribution in [1.82, 2.24) is 0 Å². The van der Waals surface area contributed by atoms with Crippen molar-refractivity contribution in [3.05, 3.63) is 0 Å². The molecule has 13 heteroatoms.